The Kier molecular flexibility index (Phi) is 4.64. The molecule has 2 aromatic carbocycles. The maximum atomic E-state index is 13.5. The molecule has 19 heavy (non-hydrogen) atoms. The van der Waals surface area contributed by atoms with Crippen molar-refractivity contribution >= 4 is 23.2 Å². The molecule has 0 radical (unpaired) electrons. The second-order valence-electron chi connectivity index (χ2n) is 4.03. The lowest BCUT2D eigenvalue weighted by Gasteiger charge is -2.09. The highest BCUT2D eigenvalue weighted by molar-refractivity contribution is 6.34. The summed E-state index contributed by atoms with van der Waals surface area (Å²) in [6.45, 7) is 0.560. The molecule has 0 amide bonds. The molecule has 0 aliphatic heterocycles. The van der Waals surface area contributed by atoms with Crippen LogP contribution in [0.2, 0.25) is 10.0 Å². The maximum Gasteiger partial charge on any atom is 0.130 e. The van der Waals surface area contributed by atoms with E-state index in [4.69, 9.17) is 27.9 Å². The van der Waals surface area contributed by atoms with Gasteiger partial charge < -0.3 is 10.1 Å². The molecule has 2 aromatic rings. The molecule has 2 rings (SSSR count). The molecular weight excluding hydrogens is 288 g/mol. The summed E-state index contributed by atoms with van der Waals surface area (Å²) in [5.41, 5.74) is 0.797. The first-order chi connectivity index (χ1) is 9.06. The molecule has 0 spiro atoms. The van der Waals surface area contributed by atoms with Gasteiger partial charge in [0.05, 0.1) is 0 Å². The van der Waals surface area contributed by atoms with Crippen molar-refractivity contribution in [3.8, 4) is 11.5 Å². The van der Waals surface area contributed by atoms with Crippen LogP contribution in [0, 0.1) is 5.82 Å². The van der Waals surface area contributed by atoms with Gasteiger partial charge >= 0.3 is 0 Å². The predicted octanol–water partition coefficient (Wildman–Crippen LogP) is 4.64. The molecule has 0 aromatic heterocycles. The second kappa shape index (κ2) is 6.24. The molecular formula is C14H12Cl2FNO. The molecule has 0 aliphatic rings. The first-order valence-corrected chi connectivity index (χ1v) is 6.40. The van der Waals surface area contributed by atoms with Crippen LogP contribution in [0.3, 0.4) is 0 Å². The van der Waals surface area contributed by atoms with Gasteiger partial charge in [-0.05, 0) is 42.9 Å². The second-order valence-corrected chi connectivity index (χ2v) is 4.91. The fourth-order valence-corrected chi connectivity index (χ4v) is 2.22. The predicted molar refractivity (Wildman–Crippen MR) is 75.7 cm³/mol. The van der Waals surface area contributed by atoms with Crippen LogP contribution in [0.4, 0.5) is 4.39 Å². The van der Waals surface area contributed by atoms with Gasteiger partial charge in [-0.1, -0.05) is 23.2 Å². The van der Waals surface area contributed by atoms with Crippen molar-refractivity contribution in [3.63, 3.8) is 0 Å². The number of nitrogens with one attached hydrogen (secondary N) is 1. The summed E-state index contributed by atoms with van der Waals surface area (Å²) < 4.78 is 19.0. The van der Waals surface area contributed by atoms with Crippen molar-refractivity contribution in [2.45, 2.75) is 6.54 Å². The number of hydrogen-bond acceptors (Lipinski definition) is 2. The normalized spacial score (nSPS) is 10.5. The Morgan fingerprint density at radius 1 is 1.00 bits per heavy atom. The van der Waals surface area contributed by atoms with E-state index < -0.39 is 0 Å². The van der Waals surface area contributed by atoms with Crippen LogP contribution in [-0.4, -0.2) is 7.05 Å². The van der Waals surface area contributed by atoms with E-state index in [1.54, 1.807) is 31.3 Å². The van der Waals surface area contributed by atoms with Crippen LogP contribution in [0.5, 0.6) is 11.5 Å². The lowest BCUT2D eigenvalue weighted by atomic mass is 10.2. The van der Waals surface area contributed by atoms with E-state index in [0.29, 0.717) is 28.1 Å². The molecule has 0 heterocycles. The van der Waals surface area contributed by atoms with Crippen LogP contribution in [-0.2, 0) is 6.54 Å². The van der Waals surface area contributed by atoms with Crippen molar-refractivity contribution in [1.29, 1.82) is 0 Å². The minimum absolute atomic E-state index is 0.351. The van der Waals surface area contributed by atoms with E-state index in [1.165, 1.54) is 12.1 Å². The zero-order valence-corrected chi connectivity index (χ0v) is 11.7. The molecule has 5 heteroatoms. The fraction of sp³-hybridized carbons (Fsp3) is 0.143. The third-order valence-corrected chi connectivity index (χ3v) is 2.82. The molecule has 0 aliphatic carbocycles. The van der Waals surface area contributed by atoms with E-state index in [2.05, 4.69) is 5.32 Å². The number of ether oxygens (including phenoxy) is 1. The minimum Gasteiger partial charge on any atom is -0.457 e. The topological polar surface area (TPSA) is 21.3 Å². The van der Waals surface area contributed by atoms with E-state index in [-0.39, 0.29) is 5.82 Å². The highest BCUT2D eigenvalue weighted by Gasteiger charge is 2.05. The Balaban J connectivity index is 2.27. The van der Waals surface area contributed by atoms with E-state index in [0.717, 1.165) is 5.56 Å². The smallest absolute Gasteiger partial charge is 0.130 e. The molecule has 0 atom stereocenters. The number of hydrogen-bond donors (Lipinski definition) is 1. The van der Waals surface area contributed by atoms with Crippen molar-refractivity contribution in [2.24, 2.45) is 0 Å². The SMILES string of the molecule is CNCc1cc(F)cc(Oc2cc(Cl)cc(Cl)c2)c1. The standard InChI is InChI=1S/C14H12Cl2FNO/c1-18-8-9-2-12(17)7-13(3-9)19-14-5-10(15)4-11(16)6-14/h2-7,18H,8H2,1H3. The van der Waals surface area contributed by atoms with Crippen molar-refractivity contribution in [3.05, 3.63) is 57.8 Å². The summed E-state index contributed by atoms with van der Waals surface area (Å²) in [5, 5.41) is 3.89. The average molecular weight is 300 g/mol. The third kappa shape index (κ3) is 4.10. The molecule has 0 fully saturated rings. The maximum absolute atomic E-state index is 13.5. The lowest BCUT2D eigenvalue weighted by Crippen LogP contribution is -2.05. The third-order valence-electron chi connectivity index (χ3n) is 2.38. The number of benzene rings is 2. The van der Waals surface area contributed by atoms with Gasteiger partial charge in [-0.2, -0.15) is 0 Å². The Labute approximate surface area is 121 Å². The van der Waals surface area contributed by atoms with Gasteiger partial charge in [0.25, 0.3) is 0 Å². The Hall–Kier alpha value is -1.29. The molecule has 0 bridgehead atoms. The van der Waals surface area contributed by atoms with Crippen molar-refractivity contribution in [2.75, 3.05) is 7.05 Å². The summed E-state index contributed by atoms with van der Waals surface area (Å²) in [6, 6.07) is 9.37. The van der Waals surface area contributed by atoms with Gasteiger partial charge in [0.15, 0.2) is 0 Å². The average Bonchev–Trinajstić information content (AvgIpc) is 2.26. The summed E-state index contributed by atoms with van der Waals surface area (Å²) in [6.07, 6.45) is 0. The van der Waals surface area contributed by atoms with Crippen molar-refractivity contribution < 1.29 is 9.13 Å². The van der Waals surface area contributed by atoms with E-state index in [9.17, 15) is 4.39 Å². The summed E-state index contributed by atoms with van der Waals surface area (Å²) in [7, 11) is 1.79. The molecule has 100 valence electrons. The van der Waals surface area contributed by atoms with Crippen LogP contribution in [0.25, 0.3) is 0 Å². The van der Waals surface area contributed by atoms with Gasteiger partial charge in [-0.3, -0.25) is 0 Å². The quantitative estimate of drug-likeness (QED) is 0.888. The number of rotatable bonds is 4. The first kappa shape index (κ1) is 14.1. The van der Waals surface area contributed by atoms with Gasteiger partial charge in [-0.25, -0.2) is 4.39 Å². The van der Waals surface area contributed by atoms with Gasteiger partial charge in [-0.15, -0.1) is 0 Å². The Morgan fingerprint density at radius 2 is 1.63 bits per heavy atom. The fourth-order valence-electron chi connectivity index (χ4n) is 1.71. The van der Waals surface area contributed by atoms with Crippen LogP contribution in [0.1, 0.15) is 5.56 Å². The van der Waals surface area contributed by atoms with Crippen LogP contribution < -0.4 is 10.1 Å². The van der Waals surface area contributed by atoms with Gasteiger partial charge in [0, 0.05) is 22.7 Å². The highest BCUT2D eigenvalue weighted by Crippen LogP contribution is 2.29. The largest absolute Gasteiger partial charge is 0.457 e. The molecule has 0 unspecified atom stereocenters. The molecule has 1 N–H and O–H groups in total. The minimum atomic E-state index is -0.351. The van der Waals surface area contributed by atoms with Gasteiger partial charge in [0.1, 0.15) is 17.3 Å². The monoisotopic (exact) mass is 299 g/mol. The van der Waals surface area contributed by atoms with Crippen LogP contribution >= 0.6 is 23.2 Å². The summed E-state index contributed by atoms with van der Waals surface area (Å²) in [5.74, 6) is 0.526. The zero-order chi connectivity index (χ0) is 13.8. The number of halogens is 3. The summed E-state index contributed by atoms with van der Waals surface area (Å²) >= 11 is 11.8. The highest BCUT2D eigenvalue weighted by atomic mass is 35.5. The first-order valence-electron chi connectivity index (χ1n) is 5.65. The van der Waals surface area contributed by atoms with E-state index >= 15 is 0 Å². The Bertz CT molecular complexity index is 569. The zero-order valence-electron chi connectivity index (χ0n) is 10.2. The molecule has 0 saturated carbocycles. The Morgan fingerprint density at radius 3 is 2.26 bits per heavy atom. The molecule has 2 nitrogen and oxygen atoms in total. The lowest BCUT2D eigenvalue weighted by molar-refractivity contribution is 0.475. The van der Waals surface area contributed by atoms with E-state index in [1.807, 2.05) is 0 Å². The summed E-state index contributed by atoms with van der Waals surface area (Å²) in [4.78, 5) is 0. The molecule has 0 saturated heterocycles. The van der Waals surface area contributed by atoms with Crippen molar-refractivity contribution in [1.82, 2.24) is 5.32 Å². The van der Waals surface area contributed by atoms with Gasteiger partial charge in [0.2, 0.25) is 0 Å². The van der Waals surface area contributed by atoms with Crippen LogP contribution in [0.15, 0.2) is 36.4 Å².